The number of rotatable bonds is 6. The molecule has 4 heteroatoms. The number of ether oxygens (including phenoxy) is 1. The lowest BCUT2D eigenvalue weighted by Gasteiger charge is -2.19. The molecule has 162 valence electrons. The van der Waals surface area contributed by atoms with Gasteiger partial charge in [0.15, 0.2) is 5.78 Å². The van der Waals surface area contributed by atoms with Crippen molar-refractivity contribution in [3.63, 3.8) is 0 Å². The first-order chi connectivity index (χ1) is 15.7. The Hall–Kier alpha value is -3.20. The SMILES string of the molecule is CCN(CC)CCC1=Cc2ccc3c(c2-c2cc(C4=NC=C=CO4)ccc2C1)CCC3=O. The number of fused-ring (bicyclic) bond motifs is 5. The third-order valence-electron chi connectivity index (χ3n) is 6.79. The van der Waals surface area contributed by atoms with Crippen molar-refractivity contribution in [2.24, 2.45) is 4.99 Å². The molecule has 0 aromatic heterocycles. The molecule has 3 aliphatic rings. The Labute approximate surface area is 189 Å². The second kappa shape index (κ2) is 8.74. The number of ketones is 1. The fraction of sp³-hybridized carbons (Fsp3) is 0.321. The van der Waals surface area contributed by atoms with E-state index in [1.54, 1.807) is 6.20 Å². The summed E-state index contributed by atoms with van der Waals surface area (Å²) in [5, 5.41) is 0. The van der Waals surface area contributed by atoms with E-state index in [0.29, 0.717) is 12.3 Å². The molecule has 2 aromatic rings. The van der Waals surface area contributed by atoms with E-state index in [2.05, 4.69) is 59.8 Å². The molecule has 32 heavy (non-hydrogen) atoms. The molecule has 0 atom stereocenters. The van der Waals surface area contributed by atoms with Gasteiger partial charge in [0.05, 0.1) is 6.20 Å². The van der Waals surface area contributed by atoms with E-state index in [0.717, 1.165) is 50.0 Å². The predicted octanol–water partition coefficient (Wildman–Crippen LogP) is 5.56. The zero-order chi connectivity index (χ0) is 22.1. The van der Waals surface area contributed by atoms with Gasteiger partial charge in [-0.05, 0) is 72.3 Å². The van der Waals surface area contributed by atoms with Crippen LogP contribution in [0.25, 0.3) is 17.2 Å². The van der Waals surface area contributed by atoms with Gasteiger partial charge in [-0.15, -0.1) is 0 Å². The minimum atomic E-state index is 0.255. The quantitative estimate of drug-likeness (QED) is 0.571. The van der Waals surface area contributed by atoms with E-state index < -0.39 is 0 Å². The lowest BCUT2D eigenvalue weighted by molar-refractivity contribution is 0.0994. The molecule has 0 amide bonds. The molecule has 0 N–H and O–H groups in total. The summed E-state index contributed by atoms with van der Waals surface area (Å²) in [6, 6.07) is 10.6. The Morgan fingerprint density at radius 3 is 2.75 bits per heavy atom. The molecular weight excluding hydrogens is 396 g/mol. The highest BCUT2D eigenvalue weighted by Gasteiger charge is 2.27. The minimum Gasteiger partial charge on any atom is -0.438 e. The van der Waals surface area contributed by atoms with E-state index >= 15 is 0 Å². The summed E-state index contributed by atoms with van der Waals surface area (Å²) < 4.78 is 5.60. The highest BCUT2D eigenvalue weighted by molar-refractivity contribution is 6.04. The van der Waals surface area contributed by atoms with Crippen molar-refractivity contribution in [3.8, 4) is 11.1 Å². The van der Waals surface area contributed by atoms with E-state index in [4.69, 9.17) is 4.74 Å². The predicted molar refractivity (Wildman–Crippen MR) is 129 cm³/mol. The van der Waals surface area contributed by atoms with Crippen LogP contribution in [0.15, 0.2) is 59.1 Å². The molecule has 0 radical (unpaired) electrons. The van der Waals surface area contributed by atoms with Crippen molar-refractivity contribution < 1.29 is 9.53 Å². The third kappa shape index (κ3) is 3.77. The number of carbonyl (C=O) groups is 1. The lowest BCUT2D eigenvalue weighted by Crippen LogP contribution is -2.24. The van der Waals surface area contributed by atoms with Gasteiger partial charge in [0.2, 0.25) is 5.90 Å². The summed E-state index contributed by atoms with van der Waals surface area (Å²) >= 11 is 0. The summed E-state index contributed by atoms with van der Waals surface area (Å²) in [5.74, 6) is 0.835. The largest absolute Gasteiger partial charge is 0.438 e. The molecule has 0 spiro atoms. The standard InChI is InChI=1S/C28H28N2O2/c1-3-30(4-2)14-12-19-16-20-6-7-22(28-29-13-5-15-32-28)18-25(20)27-21(17-19)8-9-23-24(27)10-11-26(23)31/h6-9,13,15,17-18H,3-4,10-12,14,16H2,1-2H3. The molecule has 2 aliphatic carbocycles. The van der Waals surface area contributed by atoms with Crippen molar-refractivity contribution >= 4 is 17.8 Å². The highest BCUT2D eigenvalue weighted by Crippen LogP contribution is 2.41. The van der Waals surface area contributed by atoms with Crippen LogP contribution in [0.3, 0.4) is 0 Å². The van der Waals surface area contributed by atoms with Gasteiger partial charge in [-0.2, -0.15) is 0 Å². The first-order valence-electron chi connectivity index (χ1n) is 11.6. The average molecular weight is 425 g/mol. The Bertz CT molecular complexity index is 1210. The van der Waals surface area contributed by atoms with Crippen LogP contribution < -0.4 is 0 Å². The molecule has 5 rings (SSSR count). The summed E-state index contributed by atoms with van der Waals surface area (Å²) in [6.45, 7) is 7.64. The zero-order valence-electron chi connectivity index (χ0n) is 18.8. The van der Waals surface area contributed by atoms with Crippen molar-refractivity contribution in [2.45, 2.75) is 39.5 Å². The van der Waals surface area contributed by atoms with Crippen molar-refractivity contribution in [2.75, 3.05) is 19.6 Å². The van der Waals surface area contributed by atoms with E-state index in [-0.39, 0.29) is 5.78 Å². The number of benzene rings is 2. The monoisotopic (exact) mass is 424 g/mol. The van der Waals surface area contributed by atoms with Crippen LogP contribution in [0.2, 0.25) is 0 Å². The summed E-state index contributed by atoms with van der Waals surface area (Å²) in [7, 11) is 0. The molecule has 0 saturated carbocycles. The molecule has 0 fully saturated rings. The van der Waals surface area contributed by atoms with Gasteiger partial charge >= 0.3 is 0 Å². The second-order valence-electron chi connectivity index (χ2n) is 8.57. The first-order valence-corrected chi connectivity index (χ1v) is 11.6. The van der Waals surface area contributed by atoms with E-state index in [1.807, 2.05) is 6.07 Å². The molecule has 1 heterocycles. The molecular formula is C28H28N2O2. The van der Waals surface area contributed by atoms with Crippen LogP contribution in [0.5, 0.6) is 0 Å². The summed E-state index contributed by atoms with van der Waals surface area (Å²) in [4.78, 5) is 19.3. The molecule has 0 bridgehead atoms. The lowest BCUT2D eigenvalue weighted by atomic mass is 9.89. The summed E-state index contributed by atoms with van der Waals surface area (Å²) in [6.07, 6.45) is 8.90. The Balaban J connectivity index is 1.62. The Kier molecular flexibility index (Phi) is 5.65. The Morgan fingerprint density at radius 2 is 1.97 bits per heavy atom. The number of hydrogen-bond acceptors (Lipinski definition) is 4. The number of carbonyl (C=O) groups excluding carboxylic acids is 1. The molecule has 2 aromatic carbocycles. The maximum atomic E-state index is 12.5. The zero-order valence-corrected chi connectivity index (χ0v) is 18.8. The fourth-order valence-corrected chi connectivity index (χ4v) is 5.00. The van der Waals surface area contributed by atoms with Crippen LogP contribution in [-0.4, -0.2) is 36.2 Å². The highest BCUT2D eigenvalue weighted by atomic mass is 16.5. The maximum Gasteiger partial charge on any atom is 0.227 e. The van der Waals surface area contributed by atoms with Crippen LogP contribution in [0, 0.1) is 0 Å². The third-order valence-corrected chi connectivity index (χ3v) is 6.79. The number of nitrogens with zero attached hydrogens (tertiary/aromatic N) is 2. The Morgan fingerprint density at radius 1 is 1.09 bits per heavy atom. The molecule has 0 saturated heterocycles. The average Bonchev–Trinajstić information content (AvgIpc) is 3.12. The van der Waals surface area contributed by atoms with Crippen molar-refractivity contribution in [3.05, 3.63) is 81.9 Å². The van der Waals surface area contributed by atoms with Crippen LogP contribution >= 0.6 is 0 Å². The van der Waals surface area contributed by atoms with Gasteiger partial charge in [0, 0.05) is 24.1 Å². The molecule has 4 nitrogen and oxygen atoms in total. The van der Waals surface area contributed by atoms with E-state index in [9.17, 15) is 4.79 Å². The summed E-state index contributed by atoms with van der Waals surface area (Å²) in [5.41, 5.74) is 12.2. The van der Waals surface area contributed by atoms with Crippen LogP contribution in [0.1, 0.15) is 59.3 Å². The van der Waals surface area contributed by atoms with Crippen LogP contribution in [0.4, 0.5) is 0 Å². The number of aliphatic imine (C=N–C) groups is 1. The molecule has 0 unspecified atom stereocenters. The van der Waals surface area contributed by atoms with Gasteiger partial charge in [-0.3, -0.25) is 4.79 Å². The second-order valence-corrected chi connectivity index (χ2v) is 8.57. The van der Waals surface area contributed by atoms with Gasteiger partial charge in [-0.25, -0.2) is 4.99 Å². The van der Waals surface area contributed by atoms with Gasteiger partial charge < -0.3 is 9.64 Å². The van der Waals surface area contributed by atoms with Crippen LogP contribution in [-0.2, 0) is 17.6 Å². The smallest absolute Gasteiger partial charge is 0.227 e. The van der Waals surface area contributed by atoms with Crippen molar-refractivity contribution in [1.82, 2.24) is 4.90 Å². The maximum absolute atomic E-state index is 12.5. The number of hydrogen-bond donors (Lipinski definition) is 0. The topological polar surface area (TPSA) is 41.9 Å². The van der Waals surface area contributed by atoms with Gasteiger partial charge in [-0.1, -0.05) is 49.4 Å². The van der Waals surface area contributed by atoms with E-state index in [1.165, 1.54) is 39.7 Å². The first kappa shape index (κ1) is 20.7. The molecule has 1 aliphatic heterocycles. The van der Waals surface area contributed by atoms with Crippen molar-refractivity contribution in [1.29, 1.82) is 0 Å². The fourth-order valence-electron chi connectivity index (χ4n) is 5.00. The number of Topliss-reactive ketones (excluding diaryl/α,β-unsaturated/α-hetero) is 1. The van der Waals surface area contributed by atoms with Gasteiger partial charge in [0.1, 0.15) is 6.26 Å². The minimum absolute atomic E-state index is 0.255. The normalized spacial score (nSPS) is 16.2. The van der Waals surface area contributed by atoms with Gasteiger partial charge in [0.25, 0.3) is 0 Å².